The molecule has 1 atom stereocenters. The summed E-state index contributed by atoms with van der Waals surface area (Å²) in [7, 11) is 0. The van der Waals surface area contributed by atoms with Gasteiger partial charge < -0.3 is 19.7 Å². The van der Waals surface area contributed by atoms with Crippen molar-refractivity contribution in [3.05, 3.63) is 24.3 Å². The van der Waals surface area contributed by atoms with Gasteiger partial charge in [-0.05, 0) is 49.9 Å². The SMILES string of the molecule is CC(=O)Nc1ccc(N(C(=O)C2CCCO2)C2CCOCC2)cc1. The van der Waals surface area contributed by atoms with Crippen LogP contribution in [-0.2, 0) is 19.1 Å². The van der Waals surface area contributed by atoms with Crippen LogP contribution in [0.5, 0.6) is 0 Å². The summed E-state index contributed by atoms with van der Waals surface area (Å²) in [6.07, 6.45) is 3.02. The molecule has 2 heterocycles. The van der Waals surface area contributed by atoms with Gasteiger partial charge in [0.25, 0.3) is 5.91 Å². The summed E-state index contributed by atoms with van der Waals surface area (Å²) in [6.45, 7) is 3.47. The van der Waals surface area contributed by atoms with Crippen molar-refractivity contribution in [3.63, 3.8) is 0 Å². The van der Waals surface area contributed by atoms with Crippen LogP contribution >= 0.6 is 0 Å². The highest BCUT2D eigenvalue weighted by Gasteiger charge is 2.34. The minimum atomic E-state index is -0.345. The van der Waals surface area contributed by atoms with Gasteiger partial charge in [0.05, 0.1) is 0 Å². The van der Waals surface area contributed by atoms with Crippen LogP contribution in [-0.4, -0.2) is 43.8 Å². The number of benzene rings is 1. The number of nitrogens with zero attached hydrogens (tertiary/aromatic N) is 1. The van der Waals surface area contributed by atoms with E-state index in [1.165, 1.54) is 6.92 Å². The zero-order valence-electron chi connectivity index (χ0n) is 14.0. The standard InChI is InChI=1S/C18H24N2O4/c1-13(21)19-14-4-6-15(7-5-14)20(16-8-11-23-12-9-16)18(22)17-3-2-10-24-17/h4-7,16-17H,2-3,8-12H2,1H3,(H,19,21). The first kappa shape index (κ1) is 16.9. The fourth-order valence-electron chi connectivity index (χ4n) is 3.30. The zero-order valence-corrected chi connectivity index (χ0v) is 14.0. The highest BCUT2D eigenvalue weighted by Crippen LogP contribution is 2.27. The lowest BCUT2D eigenvalue weighted by atomic mass is 10.0. The molecule has 130 valence electrons. The van der Waals surface area contributed by atoms with Gasteiger partial charge in [0.15, 0.2) is 0 Å². The summed E-state index contributed by atoms with van der Waals surface area (Å²) in [5.74, 6) is -0.0776. The molecule has 3 rings (SSSR count). The molecule has 2 aliphatic rings. The van der Waals surface area contributed by atoms with Crippen molar-refractivity contribution in [1.29, 1.82) is 0 Å². The lowest BCUT2D eigenvalue weighted by Crippen LogP contribution is -2.48. The fourth-order valence-corrected chi connectivity index (χ4v) is 3.30. The van der Waals surface area contributed by atoms with Gasteiger partial charge in [-0.2, -0.15) is 0 Å². The third-order valence-electron chi connectivity index (χ3n) is 4.46. The fraction of sp³-hybridized carbons (Fsp3) is 0.556. The summed E-state index contributed by atoms with van der Waals surface area (Å²) < 4.78 is 11.0. The van der Waals surface area contributed by atoms with E-state index in [1.807, 2.05) is 29.2 Å². The number of nitrogens with one attached hydrogen (secondary N) is 1. The average Bonchev–Trinajstić information content (AvgIpc) is 3.12. The average molecular weight is 332 g/mol. The van der Waals surface area contributed by atoms with E-state index in [1.54, 1.807) is 0 Å². The van der Waals surface area contributed by atoms with Crippen LogP contribution in [0.1, 0.15) is 32.6 Å². The van der Waals surface area contributed by atoms with Crippen molar-refractivity contribution < 1.29 is 19.1 Å². The molecule has 0 bridgehead atoms. The van der Waals surface area contributed by atoms with Crippen LogP contribution in [0.4, 0.5) is 11.4 Å². The largest absolute Gasteiger partial charge is 0.381 e. The van der Waals surface area contributed by atoms with Crippen molar-refractivity contribution >= 4 is 23.2 Å². The Morgan fingerprint density at radius 1 is 1.08 bits per heavy atom. The molecule has 0 aromatic heterocycles. The maximum atomic E-state index is 13.0. The summed E-state index contributed by atoms with van der Waals surface area (Å²) >= 11 is 0. The number of anilines is 2. The number of rotatable bonds is 4. The van der Waals surface area contributed by atoms with E-state index < -0.39 is 0 Å². The number of amides is 2. The number of carbonyl (C=O) groups excluding carboxylic acids is 2. The Balaban J connectivity index is 1.82. The minimum absolute atomic E-state index is 0.0340. The van der Waals surface area contributed by atoms with Crippen LogP contribution in [0, 0.1) is 0 Å². The van der Waals surface area contributed by atoms with Gasteiger partial charge in [-0.3, -0.25) is 9.59 Å². The number of carbonyl (C=O) groups is 2. The Hall–Kier alpha value is -1.92. The number of ether oxygens (including phenoxy) is 2. The molecule has 2 saturated heterocycles. The number of hydrogen-bond donors (Lipinski definition) is 1. The van der Waals surface area contributed by atoms with E-state index in [0.717, 1.165) is 37.1 Å². The summed E-state index contributed by atoms with van der Waals surface area (Å²) in [4.78, 5) is 26.0. The molecular formula is C18H24N2O4. The second-order valence-electron chi connectivity index (χ2n) is 6.28. The molecule has 2 fully saturated rings. The van der Waals surface area contributed by atoms with Gasteiger partial charge in [-0.25, -0.2) is 0 Å². The van der Waals surface area contributed by atoms with Gasteiger partial charge in [0, 0.05) is 44.2 Å². The van der Waals surface area contributed by atoms with E-state index in [4.69, 9.17) is 9.47 Å². The normalized spacial score (nSPS) is 21.5. The Morgan fingerprint density at radius 3 is 2.38 bits per heavy atom. The molecule has 2 aliphatic heterocycles. The monoisotopic (exact) mass is 332 g/mol. The molecule has 2 amide bonds. The molecule has 24 heavy (non-hydrogen) atoms. The van der Waals surface area contributed by atoms with Gasteiger partial charge in [-0.1, -0.05) is 0 Å². The molecule has 1 aromatic rings. The third-order valence-corrected chi connectivity index (χ3v) is 4.46. The van der Waals surface area contributed by atoms with Crippen LogP contribution < -0.4 is 10.2 Å². The van der Waals surface area contributed by atoms with Crippen molar-refractivity contribution in [1.82, 2.24) is 0 Å². The van der Waals surface area contributed by atoms with E-state index in [-0.39, 0.29) is 24.0 Å². The summed E-state index contributed by atoms with van der Waals surface area (Å²) in [6, 6.07) is 7.54. The first-order valence-corrected chi connectivity index (χ1v) is 8.55. The van der Waals surface area contributed by atoms with Crippen molar-refractivity contribution in [2.24, 2.45) is 0 Å². The van der Waals surface area contributed by atoms with E-state index in [0.29, 0.717) is 19.8 Å². The predicted molar refractivity (Wildman–Crippen MR) is 91.0 cm³/mol. The molecule has 0 aliphatic carbocycles. The second-order valence-corrected chi connectivity index (χ2v) is 6.28. The lowest BCUT2D eigenvalue weighted by Gasteiger charge is -2.35. The molecule has 1 unspecified atom stereocenters. The molecule has 1 aromatic carbocycles. The highest BCUT2D eigenvalue weighted by atomic mass is 16.5. The molecule has 0 radical (unpaired) electrons. The Kier molecular flexibility index (Phi) is 5.48. The molecule has 1 N–H and O–H groups in total. The van der Waals surface area contributed by atoms with Crippen molar-refractivity contribution in [3.8, 4) is 0 Å². The lowest BCUT2D eigenvalue weighted by molar-refractivity contribution is -0.128. The van der Waals surface area contributed by atoms with Gasteiger partial charge in [-0.15, -0.1) is 0 Å². The number of hydrogen-bond acceptors (Lipinski definition) is 4. The summed E-state index contributed by atoms with van der Waals surface area (Å²) in [5, 5.41) is 2.75. The molecule has 6 heteroatoms. The van der Waals surface area contributed by atoms with Crippen LogP contribution in [0.25, 0.3) is 0 Å². The quantitative estimate of drug-likeness (QED) is 0.919. The van der Waals surface area contributed by atoms with Crippen LogP contribution in [0.15, 0.2) is 24.3 Å². The zero-order chi connectivity index (χ0) is 16.9. The molecule has 0 saturated carbocycles. The van der Waals surface area contributed by atoms with Gasteiger partial charge >= 0.3 is 0 Å². The second kappa shape index (κ2) is 7.77. The first-order chi connectivity index (χ1) is 11.6. The maximum absolute atomic E-state index is 13.0. The smallest absolute Gasteiger partial charge is 0.256 e. The third kappa shape index (κ3) is 3.94. The minimum Gasteiger partial charge on any atom is -0.381 e. The molecule has 0 spiro atoms. The van der Waals surface area contributed by atoms with Crippen molar-refractivity contribution in [2.75, 3.05) is 30.0 Å². The van der Waals surface area contributed by atoms with E-state index >= 15 is 0 Å². The van der Waals surface area contributed by atoms with E-state index in [9.17, 15) is 9.59 Å². The van der Waals surface area contributed by atoms with Crippen molar-refractivity contribution in [2.45, 2.75) is 44.8 Å². The predicted octanol–water partition coefficient (Wildman–Crippen LogP) is 2.34. The topological polar surface area (TPSA) is 67.9 Å². The molecule has 6 nitrogen and oxygen atoms in total. The Bertz CT molecular complexity index is 575. The Morgan fingerprint density at radius 2 is 1.79 bits per heavy atom. The molecular weight excluding hydrogens is 308 g/mol. The van der Waals surface area contributed by atoms with Gasteiger partial charge in [0.2, 0.25) is 5.91 Å². The first-order valence-electron chi connectivity index (χ1n) is 8.55. The summed E-state index contributed by atoms with van der Waals surface area (Å²) in [5.41, 5.74) is 1.57. The highest BCUT2D eigenvalue weighted by molar-refractivity contribution is 5.97. The maximum Gasteiger partial charge on any atom is 0.256 e. The van der Waals surface area contributed by atoms with Crippen LogP contribution in [0.3, 0.4) is 0 Å². The Labute approximate surface area is 142 Å². The van der Waals surface area contributed by atoms with Gasteiger partial charge in [0.1, 0.15) is 6.10 Å². The van der Waals surface area contributed by atoms with E-state index in [2.05, 4.69) is 5.32 Å². The van der Waals surface area contributed by atoms with Crippen LogP contribution in [0.2, 0.25) is 0 Å².